The second kappa shape index (κ2) is 6.41. The first kappa shape index (κ1) is 13.6. The van der Waals surface area contributed by atoms with E-state index in [1.54, 1.807) is 12.1 Å². The van der Waals surface area contributed by atoms with Crippen LogP contribution >= 0.6 is 0 Å². The van der Waals surface area contributed by atoms with Gasteiger partial charge in [0.2, 0.25) is 0 Å². The maximum Gasteiger partial charge on any atom is 0.256 e. The Hall–Kier alpha value is -2.78. The van der Waals surface area contributed by atoms with Crippen molar-refractivity contribution in [2.45, 2.75) is 0 Å². The zero-order valence-corrected chi connectivity index (χ0v) is 10.4. The number of anilines is 1. The topological polar surface area (TPSA) is 80.9 Å². The molecule has 20 heavy (non-hydrogen) atoms. The van der Waals surface area contributed by atoms with E-state index in [-0.39, 0.29) is 17.7 Å². The minimum atomic E-state index is -0.572. The lowest BCUT2D eigenvalue weighted by Crippen LogP contribution is -2.13. The summed E-state index contributed by atoms with van der Waals surface area (Å²) in [6, 6.07) is 7.25. The number of halogens is 1. The molecule has 0 aliphatic carbocycles. The van der Waals surface area contributed by atoms with Gasteiger partial charge in [-0.25, -0.2) is 4.39 Å². The summed E-state index contributed by atoms with van der Waals surface area (Å²) in [5.74, 6) is 4.39. The summed E-state index contributed by atoms with van der Waals surface area (Å²) < 4.78 is 13.7. The number of hydrogen-bond acceptors (Lipinski definition) is 4. The highest BCUT2D eigenvalue weighted by atomic mass is 19.1. The van der Waals surface area contributed by atoms with E-state index in [4.69, 9.17) is 5.73 Å². The van der Waals surface area contributed by atoms with E-state index >= 15 is 0 Å². The molecule has 0 unspecified atom stereocenters. The molecule has 3 N–H and O–H groups in total. The fourth-order valence-electron chi connectivity index (χ4n) is 1.46. The number of aromatic nitrogens is 2. The number of nitrogens with two attached hydrogens (primary N) is 1. The average molecular weight is 270 g/mol. The van der Waals surface area contributed by atoms with Crippen molar-refractivity contribution in [1.29, 1.82) is 0 Å². The molecule has 5 nitrogen and oxygen atoms in total. The maximum atomic E-state index is 13.7. The summed E-state index contributed by atoms with van der Waals surface area (Å²) in [7, 11) is 0. The molecule has 0 aliphatic rings. The van der Waals surface area contributed by atoms with Gasteiger partial charge in [-0.1, -0.05) is 11.8 Å². The van der Waals surface area contributed by atoms with Gasteiger partial charge in [0.05, 0.1) is 12.1 Å². The number of hydrogen-bond donors (Lipinski definition) is 2. The highest BCUT2D eigenvalue weighted by Gasteiger charge is 2.09. The van der Waals surface area contributed by atoms with Crippen LogP contribution in [0.3, 0.4) is 0 Å². The van der Waals surface area contributed by atoms with Gasteiger partial charge in [-0.2, -0.15) is 5.10 Å². The van der Waals surface area contributed by atoms with Crippen LogP contribution in [-0.4, -0.2) is 22.6 Å². The van der Waals surface area contributed by atoms with E-state index in [1.165, 1.54) is 18.3 Å². The molecule has 0 bridgehead atoms. The van der Waals surface area contributed by atoms with Crippen molar-refractivity contribution in [1.82, 2.24) is 10.2 Å². The van der Waals surface area contributed by atoms with Crippen molar-refractivity contribution in [2.75, 3.05) is 11.9 Å². The molecule has 1 aromatic carbocycles. The van der Waals surface area contributed by atoms with Crippen molar-refractivity contribution in [3.05, 3.63) is 53.5 Å². The summed E-state index contributed by atoms with van der Waals surface area (Å²) in [5, 5.41) is 9.85. The largest absolute Gasteiger partial charge is 0.320 e. The summed E-state index contributed by atoms with van der Waals surface area (Å²) in [6.45, 7) is 0.147. The molecule has 1 aromatic heterocycles. The van der Waals surface area contributed by atoms with Gasteiger partial charge in [0.15, 0.2) is 5.82 Å². The third-order valence-corrected chi connectivity index (χ3v) is 2.37. The monoisotopic (exact) mass is 270 g/mol. The minimum Gasteiger partial charge on any atom is -0.320 e. The Morgan fingerprint density at radius 2 is 2.25 bits per heavy atom. The summed E-state index contributed by atoms with van der Waals surface area (Å²) >= 11 is 0. The van der Waals surface area contributed by atoms with Gasteiger partial charge in [-0.15, -0.1) is 5.10 Å². The number of rotatable bonds is 2. The van der Waals surface area contributed by atoms with E-state index in [9.17, 15) is 9.18 Å². The van der Waals surface area contributed by atoms with Crippen molar-refractivity contribution in [2.24, 2.45) is 5.73 Å². The predicted molar refractivity (Wildman–Crippen MR) is 72.3 cm³/mol. The Morgan fingerprint density at radius 1 is 1.40 bits per heavy atom. The lowest BCUT2D eigenvalue weighted by Gasteiger charge is -2.04. The molecule has 0 spiro atoms. The quantitative estimate of drug-likeness (QED) is 0.803. The Kier molecular flexibility index (Phi) is 4.37. The zero-order chi connectivity index (χ0) is 14.4. The second-order valence-corrected chi connectivity index (χ2v) is 3.76. The van der Waals surface area contributed by atoms with Crippen LogP contribution in [0.25, 0.3) is 0 Å². The first-order valence-electron chi connectivity index (χ1n) is 5.78. The van der Waals surface area contributed by atoms with Gasteiger partial charge in [0.1, 0.15) is 5.82 Å². The fraction of sp³-hybridized carbons (Fsp3) is 0.0714. The van der Waals surface area contributed by atoms with Crippen LogP contribution in [0.2, 0.25) is 0 Å². The third-order valence-electron chi connectivity index (χ3n) is 2.37. The lowest BCUT2D eigenvalue weighted by molar-refractivity contribution is 0.102. The van der Waals surface area contributed by atoms with Crippen LogP contribution in [0.4, 0.5) is 10.2 Å². The average Bonchev–Trinajstić information content (AvgIpc) is 2.47. The molecule has 0 fully saturated rings. The standard InChI is InChI=1S/C14H11FN4O/c15-12-9-11(6-5-10(12)3-1-7-16)14(20)18-13-4-2-8-17-19-13/h2,4-6,8-9H,7,16H2,(H,18,19,20). The number of nitrogens with one attached hydrogen (secondary N) is 1. The summed E-state index contributed by atoms with van der Waals surface area (Å²) in [4.78, 5) is 11.9. The SMILES string of the molecule is NCC#Cc1ccc(C(=O)Nc2cccnn2)cc1F. The molecule has 0 saturated carbocycles. The van der Waals surface area contributed by atoms with Crippen LogP contribution < -0.4 is 11.1 Å². The van der Waals surface area contributed by atoms with Gasteiger partial charge in [-0.3, -0.25) is 4.79 Å². The number of carbonyl (C=O) groups is 1. The van der Waals surface area contributed by atoms with Crippen molar-refractivity contribution < 1.29 is 9.18 Å². The van der Waals surface area contributed by atoms with E-state index in [0.29, 0.717) is 5.82 Å². The van der Waals surface area contributed by atoms with E-state index < -0.39 is 11.7 Å². The molecule has 0 radical (unpaired) electrons. The van der Waals surface area contributed by atoms with Crippen molar-refractivity contribution >= 4 is 11.7 Å². The Morgan fingerprint density at radius 3 is 2.90 bits per heavy atom. The van der Waals surface area contributed by atoms with Crippen molar-refractivity contribution in [3.8, 4) is 11.8 Å². The van der Waals surface area contributed by atoms with Crippen LogP contribution in [0.5, 0.6) is 0 Å². The molecule has 1 amide bonds. The number of carbonyl (C=O) groups excluding carboxylic acids is 1. The van der Waals surface area contributed by atoms with Crippen LogP contribution in [0.15, 0.2) is 36.5 Å². The van der Waals surface area contributed by atoms with E-state index in [1.807, 2.05) is 0 Å². The van der Waals surface area contributed by atoms with E-state index in [2.05, 4.69) is 27.4 Å². The smallest absolute Gasteiger partial charge is 0.256 e. The summed E-state index contributed by atoms with van der Waals surface area (Å²) in [5.41, 5.74) is 5.59. The number of benzene rings is 1. The molecule has 0 aliphatic heterocycles. The molecular weight excluding hydrogens is 259 g/mol. The third kappa shape index (κ3) is 3.37. The highest BCUT2D eigenvalue weighted by molar-refractivity contribution is 6.03. The summed E-state index contributed by atoms with van der Waals surface area (Å²) in [6.07, 6.45) is 1.49. The molecule has 2 aromatic rings. The Labute approximate surface area is 115 Å². The Bertz CT molecular complexity index is 677. The molecular formula is C14H11FN4O. The Balaban J connectivity index is 2.17. The molecule has 6 heteroatoms. The molecule has 2 rings (SSSR count). The van der Waals surface area contributed by atoms with Gasteiger partial charge < -0.3 is 11.1 Å². The van der Waals surface area contributed by atoms with Crippen LogP contribution in [0, 0.1) is 17.7 Å². The molecule has 1 heterocycles. The van der Waals surface area contributed by atoms with E-state index in [0.717, 1.165) is 6.07 Å². The van der Waals surface area contributed by atoms with Gasteiger partial charge in [-0.05, 0) is 30.3 Å². The molecule has 0 saturated heterocycles. The first-order chi connectivity index (χ1) is 9.70. The van der Waals surface area contributed by atoms with Gasteiger partial charge >= 0.3 is 0 Å². The lowest BCUT2D eigenvalue weighted by atomic mass is 10.1. The van der Waals surface area contributed by atoms with Crippen molar-refractivity contribution in [3.63, 3.8) is 0 Å². The van der Waals surface area contributed by atoms with Crippen LogP contribution in [0.1, 0.15) is 15.9 Å². The number of amides is 1. The first-order valence-corrected chi connectivity index (χ1v) is 5.78. The predicted octanol–water partition coefficient (Wildman–Crippen LogP) is 1.18. The normalized spacial score (nSPS) is 9.50. The fourth-order valence-corrected chi connectivity index (χ4v) is 1.46. The van der Waals surface area contributed by atoms with Gasteiger partial charge in [0, 0.05) is 11.8 Å². The minimum absolute atomic E-state index is 0.147. The number of nitrogens with zero attached hydrogens (tertiary/aromatic N) is 2. The van der Waals surface area contributed by atoms with Gasteiger partial charge in [0.25, 0.3) is 5.91 Å². The zero-order valence-electron chi connectivity index (χ0n) is 10.4. The van der Waals surface area contributed by atoms with Crippen LogP contribution in [-0.2, 0) is 0 Å². The maximum absolute atomic E-state index is 13.7. The second-order valence-electron chi connectivity index (χ2n) is 3.76. The molecule has 0 atom stereocenters. The molecule has 100 valence electrons. The highest BCUT2D eigenvalue weighted by Crippen LogP contribution is 2.11.